The maximum atomic E-state index is 13.5. The van der Waals surface area contributed by atoms with Gasteiger partial charge in [0.25, 0.3) is 0 Å². The van der Waals surface area contributed by atoms with Crippen molar-refractivity contribution in [1.29, 1.82) is 0 Å². The van der Waals surface area contributed by atoms with Crippen molar-refractivity contribution in [3.63, 3.8) is 0 Å². The minimum atomic E-state index is -0.194. The van der Waals surface area contributed by atoms with E-state index in [1.54, 1.807) is 19.2 Å². The third-order valence-corrected chi connectivity index (χ3v) is 4.33. The first kappa shape index (κ1) is 12.3. The highest BCUT2D eigenvalue weighted by atomic mass is 19.1. The summed E-state index contributed by atoms with van der Waals surface area (Å²) >= 11 is 0. The van der Waals surface area contributed by atoms with Gasteiger partial charge in [0.1, 0.15) is 11.6 Å². The number of methoxy groups -OCH3 is 1. The highest BCUT2D eigenvalue weighted by Gasteiger charge is 2.34. The Bertz CT molecular complexity index is 650. The van der Waals surface area contributed by atoms with E-state index in [9.17, 15) is 4.39 Å². The number of imidazole rings is 1. The van der Waals surface area contributed by atoms with Crippen LogP contribution in [0.4, 0.5) is 4.39 Å². The Morgan fingerprint density at radius 3 is 2.95 bits per heavy atom. The molecule has 2 aromatic rings. The molecule has 0 bridgehead atoms. The molecule has 1 aromatic carbocycles. The van der Waals surface area contributed by atoms with Gasteiger partial charge in [-0.2, -0.15) is 0 Å². The van der Waals surface area contributed by atoms with Crippen LogP contribution in [0.15, 0.2) is 18.2 Å². The average molecular weight is 275 g/mol. The maximum absolute atomic E-state index is 13.5. The van der Waals surface area contributed by atoms with Crippen LogP contribution < -0.4 is 5.32 Å². The van der Waals surface area contributed by atoms with Gasteiger partial charge in [-0.3, -0.25) is 0 Å². The lowest BCUT2D eigenvalue weighted by Crippen LogP contribution is -2.18. The molecule has 1 saturated carbocycles. The van der Waals surface area contributed by atoms with Gasteiger partial charge in [0.15, 0.2) is 0 Å². The van der Waals surface area contributed by atoms with Gasteiger partial charge >= 0.3 is 0 Å². The summed E-state index contributed by atoms with van der Waals surface area (Å²) in [6, 6.07) is 5.55. The molecule has 0 spiro atoms. The standard InChI is InChI=1S/C15H18FN3O/c1-20-11-7-13(17-8-11)15-18-12-5-2-9(16)6-14(12)19(15)10-3-4-10/h2,5-6,10-11,13,17H,3-4,7-8H2,1H3. The van der Waals surface area contributed by atoms with Gasteiger partial charge in [-0.1, -0.05) is 0 Å². The fourth-order valence-corrected chi connectivity index (χ4v) is 3.13. The number of hydrogen-bond donors (Lipinski definition) is 1. The zero-order chi connectivity index (χ0) is 13.7. The average Bonchev–Trinajstić information content (AvgIpc) is 3.04. The first-order valence-electron chi connectivity index (χ1n) is 7.20. The number of fused-ring (bicyclic) bond motifs is 1. The van der Waals surface area contributed by atoms with Gasteiger partial charge in [-0.15, -0.1) is 0 Å². The SMILES string of the molecule is COC1CNC(c2nc3ccc(F)cc3n2C2CC2)C1. The fourth-order valence-electron chi connectivity index (χ4n) is 3.13. The highest BCUT2D eigenvalue weighted by molar-refractivity contribution is 5.76. The predicted octanol–water partition coefficient (Wildman–Crippen LogP) is 2.56. The topological polar surface area (TPSA) is 39.1 Å². The minimum absolute atomic E-state index is 0.194. The molecule has 0 radical (unpaired) electrons. The smallest absolute Gasteiger partial charge is 0.127 e. The van der Waals surface area contributed by atoms with E-state index >= 15 is 0 Å². The number of nitrogens with zero attached hydrogens (tertiary/aromatic N) is 2. The van der Waals surface area contributed by atoms with Crippen molar-refractivity contribution in [2.24, 2.45) is 0 Å². The van der Waals surface area contributed by atoms with Crippen molar-refractivity contribution in [3.8, 4) is 0 Å². The summed E-state index contributed by atoms with van der Waals surface area (Å²) in [6.45, 7) is 0.851. The van der Waals surface area contributed by atoms with Crippen LogP contribution in [-0.2, 0) is 4.74 Å². The zero-order valence-electron chi connectivity index (χ0n) is 11.5. The number of ether oxygens (including phenoxy) is 1. The number of hydrogen-bond acceptors (Lipinski definition) is 3. The van der Waals surface area contributed by atoms with Crippen LogP contribution in [0.25, 0.3) is 11.0 Å². The summed E-state index contributed by atoms with van der Waals surface area (Å²) in [5, 5.41) is 3.47. The molecule has 2 unspecified atom stereocenters. The summed E-state index contributed by atoms with van der Waals surface area (Å²) in [4.78, 5) is 4.74. The Morgan fingerprint density at radius 2 is 2.25 bits per heavy atom. The molecule has 5 heteroatoms. The lowest BCUT2D eigenvalue weighted by atomic mass is 10.2. The van der Waals surface area contributed by atoms with E-state index in [0.29, 0.717) is 6.04 Å². The Morgan fingerprint density at radius 1 is 1.40 bits per heavy atom. The van der Waals surface area contributed by atoms with Gasteiger partial charge in [0, 0.05) is 19.7 Å². The molecular formula is C15H18FN3O. The first-order chi connectivity index (χ1) is 9.76. The van der Waals surface area contributed by atoms with Gasteiger partial charge in [-0.05, 0) is 37.5 Å². The van der Waals surface area contributed by atoms with E-state index in [2.05, 4.69) is 9.88 Å². The Balaban J connectivity index is 1.80. The molecule has 106 valence electrons. The van der Waals surface area contributed by atoms with Gasteiger partial charge < -0.3 is 14.6 Å². The molecule has 1 aliphatic carbocycles. The molecule has 2 heterocycles. The van der Waals surface area contributed by atoms with Crippen molar-refractivity contribution >= 4 is 11.0 Å². The van der Waals surface area contributed by atoms with Crippen LogP contribution in [0.1, 0.15) is 37.2 Å². The van der Waals surface area contributed by atoms with Crippen LogP contribution in [0.5, 0.6) is 0 Å². The number of rotatable bonds is 3. The Kier molecular flexibility index (Phi) is 2.79. The van der Waals surface area contributed by atoms with E-state index in [-0.39, 0.29) is 18.0 Å². The predicted molar refractivity (Wildman–Crippen MR) is 74.1 cm³/mol. The summed E-state index contributed by atoms with van der Waals surface area (Å²) in [7, 11) is 1.74. The molecule has 4 rings (SSSR count). The summed E-state index contributed by atoms with van der Waals surface area (Å²) in [5.41, 5.74) is 1.81. The van der Waals surface area contributed by atoms with Gasteiger partial charge in [0.2, 0.25) is 0 Å². The lowest BCUT2D eigenvalue weighted by molar-refractivity contribution is 0.117. The molecule has 1 saturated heterocycles. The van der Waals surface area contributed by atoms with Gasteiger partial charge in [-0.25, -0.2) is 9.37 Å². The third kappa shape index (κ3) is 1.93. The molecule has 1 aliphatic heterocycles. The fraction of sp³-hybridized carbons (Fsp3) is 0.533. The van der Waals surface area contributed by atoms with Crippen LogP contribution >= 0.6 is 0 Å². The lowest BCUT2D eigenvalue weighted by Gasteiger charge is -2.13. The van der Waals surface area contributed by atoms with Crippen molar-refractivity contribution in [2.45, 2.75) is 37.5 Å². The van der Waals surface area contributed by atoms with Crippen molar-refractivity contribution < 1.29 is 9.13 Å². The molecule has 1 aromatic heterocycles. The second-order valence-electron chi connectivity index (χ2n) is 5.76. The maximum Gasteiger partial charge on any atom is 0.127 e. The van der Waals surface area contributed by atoms with Crippen molar-refractivity contribution in [1.82, 2.24) is 14.9 Å². The highest BCUT2D eigenvalue weighted by Crippen LogP contribution is 2.41. The van der Waals surface area contributed by atoms with Gasteiger partial charge in [0.05, 0.1) is 23.2 Å². The molecule has 0 amide bonds. The number of benzene rings is 1. The molecule has 2 fully saturated rings. The van der Waals surface area contributed by atoms with E-state index < -0.39 is 0 Å². The van der Waals surface area contributed by atoms with Crippen molar-refractivity contribution in [3.05, 3.63) is 29.8 Å². The molecule has 2 aliphatic rings. The van der Waals surface area contributed by atoms with E-state index in [4.69, 9.17) is 9.72 Å². The van der Waals surface area contributed by atoms with E-state index in [1.807, 2.05) is 0 Å². The summed E-state index contributed by atoms with van der Waals surface area (Å²) < 4.78 is 21.2. The second kappa shape index (κ2) is 4.53. The summed E-state index contributed by atoms with van der Waals surface area (Å²) in [6.07, 6.45) is 3.49. The Hall–Kier alpha value is -1.46. The monoisotopic (exact) mass is 275 g/mol. The number of nitrogens with one attached hydrogen (secondary N) is 1. The molecule has 1 N–H and O–H groups in total. The normalized spacial score (nSPS) is 26.5. The molecule has 20 heavy (non-hydrogen) atoms. The van der Waals surface area contributed by atoms with E-state index in [0.717, 1.165) is 42.7 Å². The van der Waals surface area contributed by atoms with Crippen LogP contribution in [0, 0.1) is 5.82 Å². The van der Waals surface area contributed by atoms with Crippen LogP contribution in [0.3, 0.4) is 0 Å². The molecule has 4 nitrogen and oxygen atoms in total. The van der Waals surface area contributed by atoms with Crippen LogP contribution in [0.2, 0.25) is 0 Å². The first-order valence-corrected chi connectivity index (χ1v) is 7.20. The number of aromatic nitrogens is 2. The number of halogens is 1. The molecular weight excluding hydrogens is 257 g/mol. The second-order valence-corrected chi connectivity index (χ2v) is 5.76. The largest absolute Gasteiger partial charge is 0.380 e. The van der Waals surface area contributed by atoms with Crippen molar-refractivity contribution in [2.75, 3.05) is 13.7 Å². The van der Waals surface area contributed by atoms with Crippen LogP contribution in [-0.4, -0.2) is 29.3 Å². The zero-order valence-corrected chi connectivity index (χ0v) is 11.5. The van der Waals surface area contributed by atoms with E-state index in [1.165, 1.54) is 6.07 Å². The quantitative estimate of drug-likeness (QED) is 0.935. The minimum Gasteiger partial charge on any atom is -0.380 e. The third-order valence-electron chi connectivity index (χ3n) is 4.33. The Labute approximate surface area is 116 Å². The molecule has 2 atom stereocenters. The summed E-state index contributed by atoms with van der Waals surface area (Å²) in [5.74, 6) is 0.840.